The summed E-state index contributed by atoms with van der Waals surface area (Å²) >= 11 is 0. The van der Waals surface area contributed by atoms with E-state index in [0.717, 1.165) is 0 Å². The highest BCUT2D eigenvalue weighted by Gasteiger charge is 2.20. The van der Waals surface area contributed by atoms with Crippen LogP contribution < -0.4 is 0 Å². The molecule has 0 aromatic carbocycles. The lowest BCUT2D eigenvalue weighted by molar-refractivity contribution is -0.00673. The van der Waals surface area contributed by atoms with Crippen LogP contribution in [-0.4, -0.2) is 24.5 Å². The average molecular weight is 190 g/mol. The standard InChI is InChI=1S/C8H14O5/c1-5-11-6(9)12-7(10)13-8(2,3)4/h5H2,1-4H3. The number of hydrogen-bond acceptors (Lipinski definition) is 5. The zero-order chi connectivity index (χ0) is 10.5. The quantitative estimate of drug-likeness (QED) is 0.468. The summed E-state index contributed by atoms with van der Waals surface area (Å²) < 4.78 is 13.2. The third-order valence-corrected chi connectivity index (χ3v) is 0.818. The highest BCUT2D eigenvalue weighted by molar-refractivity contribution is 5.77. The lowest BCUT2D eigenvalue weighted by Gasteiger charge is -2.17. The van der Waals surface area contributed by atoms with E-state index < -0.39 is 17.9 Å². The first-order valence-corrected chi connectivity index (χ1v) is 3.92. The molecule has 0 rings (SSSR count). The highest BCUT2D eigenvalue weighted by Crippen LogP contribution is 2.08. The molecule has 0 fully saturated rings. The molecule has 76 valence electrons. The molecule has 0 aliphatic rings. The van der Waals surface area contributed by atoms with Gasteiger partial charge in [0.15, 0.2) is 0 Å². The first-order chi connectivity index (χ1) is 5.85. The highest BCUT2D eigenvalue weighted by atomic mass is 16.8. The Labute approximate surface area is 77.0 Å². The summed E-state index contributed by atoms with van der Waals surface area (Å²) in [5.74, 6) is 0. The van der Waals surface area contributed by atoms with Gasteiger partial charge >= 0.3 is 12.3 Å². The van der Waals surface area contributed by atoms with Gasteiger partial charge in [-0.05, 0) is 27.7 Å². The first-order valence-electron chi connectivity index (χ1n) is 3.92. The van der Waals surface area contributed by atoms with Crippen LogP contribution in [0.3, 0.4) is 0 Å². The van der Waals surface area contributed by atoms with E-state index in [9.17, 15) is 9.59 Å². The van der Waals surface area contributed by atoms with Crippen molar-refractivity contribution in [2.45, 2.75) is 33.3 Å². The van der Waals surface area contributed by atoms with Crippen LogP contribution in [0.25, 0.3) is 0 Å². The molecule has 0 N–H and O–H groups in total. The van der Waals surface area contributed by atoms with Gasteiger partial charge < -0.3 is 14.2 Å². The summed E-state index contributed by atoms with van der Waals surface area (Å²) in [6, 6.07) is 0. The van der Waals surface area contributed by atoms with Crippen LogP contribution in [0.15, 0.2) is 0 Å². The SMILES string of the molecule is CCOC(=O)OC(=O)OC(C)(C)C. The topological polar surface area (TPSA) is 61.8 Å². The van der Waals surface area contributed by atoms with Crippen LogP contribution >= 0.6 is 0 Å². The van der Waals surface area contributed by atoms with E-state index in [0.29, 0.717) is 0 Å². The van der Waals surface area contributed by atoms with Crippen molar-refractivity contribution in [3.05, 3.63) is 0 Å². The summed E-state index contributed by atoms with van der Waals surface area (Å²) in [6.07, 6.45) is -2.09. The summed E-state index contributed by atoms with van der Waals surface area (Å²) in [4.78, 5) is 21.4. The maximum absolute atomic E-state index is 10.8. The smallest absolute Gasteiger partial charge is 0.434 e. The number of hydrogen-bond donors (Lipinski definition) is 0. The van der Waals surface area contributed by atoms with Gasteiger partial charge in [0.2, 0.25) is 0 Å². The van der Waals surface area contributed by atoms with Crippen molar-refractivity contribution in [3.63, 3.8) is 0 Å². The van der Waals surface area contributed by atoms with Crippen molar-refractivity contribution < 1.29 is 23.8 Å². The molecule has 0 bridgehead atoms. The Morgan fingerprint density at radius 3 is 2.08 bits per heavy atom. The molecule has 0 amide bonds. The minimum absolute atomic E-state index is 0.154. The summed E-state index contributed by atoms with van der Waals surface area (Å²) in [5.41, 5.74) is -0.677. The Morgan fingerprint density at radius 1 is 1.15 bits per heavy atom. The third kappa shape index (κ3) is 7.11. The van der Waals surface area contributed by atoms with Crippen LogP contribution in [0.4, 0.5) is 9.59 Å². The summed E-state index contributed by atoms with van der Waals surface area (Å²) in [5, 5.41) is 0. The normalized spacial score (nSPS) is 10.5. The Bertz CT molecular complexity index is 191. The minimum atomic E-state index is -1.05. The van der Waals surface area contributed by atoms with Crippen LogP contribution in [0.5, 0.6) is 0 Å². The van der Waals surface area contributed by atoms with Crippen LogP contribution in [0.1, 0.15) is 27.7 Å². The molecule has 0 saturated heterocycles. The maximum Gasteiger partial charge on any atom is 0.519 e. The van der Waals surface area contributed by atoms with E-state index in [-0.39, 0.29) is 6.61 Å². The fourth-order valence-corrected chi connectivity index (χ4v) is 0.486. The Balaban J connectivity index is 3.82. The maximum atomic E-state index is 10.8. The molecule has 0 aromatic heterocycles. The van der Waals surface area contributed by atoms with Gasteiger partial charge in [0.1, 0.15) is 5.60 Å². The third-order valence-electron chi connectivity index (χ3n) is 0.818. The van der Waals surface area contributed by atoms with E-state index in [1.807, 2.05) is 0 Å². The molecule has 0 aliphatic carbocycles. The molecule has 5 heteroatoms. The lowest BCUT2D eigenvalue weighted by atomic mass is 10.2. The average Bonchev–Trinajstić information content (AvgIpc) is 1.81. The Hall–Kier alpha value is -1.26. The second-order valence-electron chi connectivity index (χ2n) is 3.25. The van der Waals surface area contributed by atoms with Crippen molar-refractivity contribution in [1.29, 1.82) is 0 Å². The number of ether oxygens (including phenoxy) is 3. The predicted molar refractivity (Wildman–Crippen MR) is 44.3 cm³/mol. The van der Waals surface area contributed by atoms with Crippen molar-refractivity contribution in [2.24, 2.45) is 0 Å². The molecular weight excluding hydrogens is 176 g/mol. The van der Waals surface area contributed by atoms with Crippen molar-refractivity contribution in [1.82, 2.24) is 0 Å². The first kappa shape index (κ1) is 11.7. The summed E-state index contributed by atoms with van der Waals surface area (Å²) in [7, 11) is 0. The second kappa shape index (κ2) is 4.69. The Morgan fingerprint density at radius 2 is 1.69 bits per heavy atom. The molecule has 0 unspecified atom stereocenters. The van der Waals surface area contributed by atoms with Gasteiger partial charge in [-0.15, -0.1) is 0 Å². The van der Waals surface area contributed by atoms with E-state index in [4.69, 9.17) is 4.74 Å². The molecule has 0 aliphatic heterocycles. The van der Waals surface area contributed by atoms with Gasteiger partial charge in [-0.25, -0.2) is 9.59 Å². The van der Waals surface area contributed by atoms with Gasteiger partial charge in [-0.3, -0.25) is 0 Å². The molecule has 0 heterocycles. The van der Waals surface area contributed by atoms with E-state index in [1.54, 1.807) is 27.7 Å². The zero-order valence-corrected chi connectivity index (χ0v) is 8.25. The van der Waals surface area contributed by atoms with Gasteiger partial charge in [-0.1, -0.05) is 0 Å². The van der Waals surface area contributed by atoms with E-state index in [2.05, 4.69) is 9.47 Å². The van der Waals surface area contributed by atoms with Gasteiger partial charge in [0.05, 0.1) is 6.61 Å². The summed E-state index contributed by atoms with van der Waals surface area (Å²) in [6.45, 7) is 6.76. The monoisotopic (exact) mass is 190 g/mol. The fourth-order valence-electron chi connectivity index (χ4n) is 0.486. The molecule has 5 nitrogen and oxygen atoms in total. The molecule has 13 heavy (non-hydrogen) atoms. The molecular formula is C8H14O5. The van der Waals surface area contributed by atoms with Gasteiger partial charge in [0, 0.05) is 0 Å². The molecule has 0 saturated carbocycles. The lowest BCUT2D eigenvalue weighted by Crippen LogP contribution is -2.26. The van der Waals surface area contributed by atoms with Crippen LogP contribution in [-0.2, 0) is 14.2 Å². The minimum Gasteiger partial charge on any atom is -0.434 e. The number of rotatable bonds is 1. The van der Waals surface area contributed by atoms with Crippen molar-refractivity contribution in [3.8, 4) is 0 Å². The largest absolute Gasteiger partial charge is 0.519 e. The van der Waals surface area contributed by atoms with E-state index in [1.165, 1.54) is 0 Å². The number of carbonyl (C=O) groups is 2. The molecule has 0 radical (unpaired) electrons. The molecule has 0 atom stereocenters. The second-order valence-corrected chi connectivity index (χ2v) is 3.25. The zero-order valence-electron chi connectivity index (χ0n) is 8.25. The fraction of sp³-hybridized carbons (Fsp3) is 0.750. The number of carbonyl (C=O) groups excluding carboxylic acids is 2. The van der Waals surface area contributed by atoms with Crippen molar-refractivity contribution >= 4 is 12.3 Å². The van der Waals surface area contributed by atoms with Gasteiger partial charge in [0.25, 0.3) is 0 Å². The molecule has 0 aromatic rings. The Kier molecular flexibility index (Phi) is 4.23. The van der Waals surface area contributed by atoms with Crippen LogP contribution in [0.2, 0.25) is 0 Å². The van der Waals surface area contributed by atoms with Crippen LogP contribution in [0, 0.1) is 0 Å². The molecule has 0 spiro atoms. The van der Waals surface area contributed by atoms with Crippen molar-refractivity contribution in [2.75, 3.05) is 6.61 Å². The predicted octanol–water partition coefficient (Wildman–Crippen LogP) is 2.09. The van der Waals surface area contributed by atoms with E-state index >= 15 is 0 Å². The van der Waals surface area contributed by atoms with Gasteiger partial charge in [-0.2, -0.15) is 0 Å².